The highest BCUT2D eigenvalue weighted by atomic mass is 15.1. The summed E-state index contributed by atoms with van der Waals surface area (Å²) in [6.07, 6.45) is 0. The molecule has 8 heteroatoms. The molecule has 0 amide bonds. The lowest BCUT2D eigenvalue weighted by molar-refractivity contribution is 0.630. The number of rotatable bonds is 13. The second-order valence-electron chi connectivity index (χ2n) is 30.2. The van der Waals surface area contributed by atoms with Crippen LogP contribution in [0, 0.1) is 0 Å². The predicted molar refractivity (Wildman–Crippen MR) is 465 cm³/mol. The molecule has 0 saturated heterocycles. The lowest BCUT2D eigenvalue weighted by atomic mass is 9.73. The standard InChI is InChI=1S/C105H68N8/c1-105(2)91-63-75(103-107-99(70-32-15-6-16-33-70)106-100(108-103)71-34-17-7-18-35-71)50-53-96(91)113-95-51-48-73(60-89(95)90-62-82(64-92(105)98(90)113)81-58-77(66-28-11-4-12-29-66)54-78(59-81)67-30-13-5-14-31-67)80-56-76(65-26-9-3-10-27-65)55-79(57-80)68-44-46-69(47-45-68)83-38-21-22-40-87(83)104-110-101(72-36-19-8-20-37-72)109-102(111-104)74-49-52-94-88(61-74)86-42-25-41-85-84-39-23-24-43-93(84)112(94)97(85)86/h3-64H,1-2H3. The molecule has 5 aromatic heterocycles. The molecule has 1 aliphatic heterocycles. The van der Waals surface area contributed by atoms with E-state index in [-0.39, 0.29) is 0 Å². The number of nitrogens with zero attached hydrogens (tertiary/aromatic N) is 8. The maximum atomic E-state index is 5.40. The van der Waals surface area contributed by atoms with Crippen LogP contribution in [0.15, 0.2) is 376 Å². The van der Waals surface area contributed by atoms with Crippen molar-refractivity contribution in [1.82, 2.24) is 38.9 Å². The number of hydrogen-bond donors (Lipinski definition) is 0. The molecule has 0 saturated carbocycles. The Kier molecular flexibility index (Phi) is 15.1. The van der Waals surface area contributed by atoms with E-state index < -0.39 is 5.41 Å². The normalized spacial score (nSPS) is 12.4. The third-order valence-corrected chi connectivity index (χ3v) is 23.1. The van der Waals surface area contributed by atoms with Gasteiger partial charge in [-0.1, -0.05) is 287 Å². The molecule has 528 valence electrons. The summed E-state index contributed by atoms with van der Waals surface area (Å²) in [5.41, 5.74) is 30.2. The van der Waals surface area contributed by atoms with Crippen molar-refractivity contribution in [3.63, 3.8) is 0 Å². The Bertz CT molecular complexity index is 7220. The molecular weight excluding hydrogens is 1370 g/mol. The molecular formula is C105H68N8. The number of aromatic nitrogens is 8. The smallest absolute Gasteiger partial charge is 0.164 e. The molecule has 0 bridgehead atoms. The van der Waals surface area contributed by atoms with Gasteiger partial charge in [0.2, 0.25) is 0 Å². The molecule has 0 radical (unpaired) electrons. The van der Waals surface area contributed by atoms with E-state index in [2.05, 4.69) is 344 Å². The molecule has 22 rings (SSSR count). The van der Waals surface area contributed by atoms with E-state index in [1.165, 1.54) is 65.7 Å². The summed E-state index contributed by atoms with van der Waals surface area (Å²) in [5.74, 6) is 3.70. The van der Waals surface area contributed by atoms with Gasteiger partial charge in [-0.3, -0.25) is 0 Å². The van der Waals surface area contributed by atoms with Gasteiger partial charge in [-0.15, -0.1) is 0 Å². The number of hydrogen-bond acceptors (Lipinski definition) is 6. The first-order chi connectivity index (χ1) is 55.7. The van der Waals surface area contributed by atoms with Crippen molar-refractivity contribution in [2.24, 2.45) is 0 Å². The number of para-hydroxylation sites is 2. The largest absolute Gasteiger partial charge is 0.309 e. The maximum absolute atomic E-state index is 5.40. The zero-order valence-corrected chi connectivity index (χ0v) is 61.9. The van der Waals surface area contributed by atoms with Gasteiger partial charge in [0, 0.05) is 71.1 Å². The van der Waals surface area contributed by atoms with E-state index in [0.29, 0.717) is 34.9 Å². The molecule has 21 aromatic rings. The number of fused-ring (bicyclic) bond motifs is 11. The van der Waals surface area contributed by atoms with Gasteiger partial charge in [-0.2, -0.15) is 0 Å². The first-order valence-electron chi connectivity index (χ1n) is 38.5. The summed E-state index contributed by atoms with van der Waals surface area (Å²) >= 11 is 0. The Morgan fingerprint density at radius 1 is 0.195 bits per heavy atom. The quantitative estimate of drug-likeness (QED) is 0.114. The lowest BCUT2D eigenvalue weighted by Gasteiger charge is -2.35. The van der Waals surface area contributed by atoms with Crippen molar-refractivity contribution in [3.8, 4) is 152 Å². The van der Waals surface area contributed by atoms with Gasteiger partial charge in [0.05, 0.1) is 33.3 Å². The molecule has 8 nitrogen and oxygen atoms in total. The van der Waals surface area contributed by atoms with Gasteiger partial charge >= 0.3 is 0 Å². The fraction of sp³-hybridized carbons (Fsp3) is 0.0286. The molecule has 0 spiro atoms. The summed E-state index contributed by atoms with van der Waals surface area (Å²) in [6, 6.07) is 136. The Labute approximate surface area is 653 Å². The van der Waals surface area contributed by atoms with E-state index in [1.54, 1.807) is 0 Å². The van der Waals surface area contributed by atoms with Gasteiger partial charge in [0.15, 0.2) is 34.9 Å². The third-order valence-electron chi connectivity index (χ3n) is 23.1. The van der Waals surface area contributed by atoms with Crippen molar-refractivity contribution < 1.29 is 0 Å². The highest BCUT2D eigenvalue weighted by molar-refractivity contribution is 6.23. The minimum atomic E-state index is -0.506. The molecule has 1 aliphatic rings. The monoisotopic (exact) mass is 1440 g/mol. The summed E-state index contributed by atoms with van der Waals surface area (Å²) in [7, 11) is 0. The lowest BCUT2D eigenvalue weighted by Crippen LogP contribution is -2.26. The summed E-state index contributed by atoms with van der Waals surface area (Å²) < 4.78 is 4.93. The minimum Gasteiger partial charge on any atom is -0.309 e. The van der Waals surface area contributed by atoms with Crippen molar-refractivity contribution in [3.05, 3.63) is 387 Å². The average Bonchev–Trinajstić information content (AvgIpc) is 1.56. The molecule has 0 unspecified atom stereocenters. The van der Waals surface area contributed by atoms with Gasteiger partial charge < -0.3 is 8.97 Å². The molecule has 0 N–H and O–H groups in total. The van der Waals surface area contributed by atoms with Crippen molar-refractivity contribution >= 4 is 59.9 Å². The highest BCUT2D eigenvalue weighted by Crippen LogP contribution is 2.52. The Hall–Kier alpha value is -14.9. The van der Waals surface area contributed by atoms with Crippen LogP contribution in [0.25, 0.3) is 212 Å². The fourth-order valence-corrected chi connectivity index (χ4v) is 17.5. The first kappa shape index (κ1) is 65.2. The van der Waals surface area contributed by atoms with E-state index >= 15 is 0 Å². The second kappa shape index (κ2) is 26.2. The van der Waals surface area contributed by atoms with Crippen LogP contribution in [0.1, 0.15) is 25.0 Å². The fourth-order valence-electron chi connectivity index (χ4n) is 17.5. The molecule has 113 heavy (non-hydrogen) atoms. The van der Waals surface area contributed by atoms with Crippen LogP contribution in [-0.4, -0.2) is 38.9 Å². The number of benzene rings is 16. The SMILES string of the molecule is CC1(C)c2cc(-c3nc(-c4ccccc4)nc(-c4ccccc4)n3)ccc2-n2c3ccc(-c4cc(-c5ccccc5)cc(-c5ccc(-c6ccccc6-c6nc(-c7ccccc7)nc(-c7ccc8c(c7)c7cccc9c%10ccccc%10n8c97)n6)cc5)c4)cc3c3cc(-c4cc(-c5ccccc5)cc(-c5ccccc5)c4)cc1c32. The Balaban J connectivity index is 0.682. The molecule has 6 heterocycles. The first-order valence-corrected chi connectivity index (χ1v) is 38.5. The van der Waals surface area contributed by atoms with E-state index in [0.717, 1.165) is 122 Å². The highest BCUT2D eigenvalue weighted by Gasteiger charge is 2.37. The molecule has 0 aliphatic carbocycles. The minimum absolute atomic E-state index is 0.506. The molecule has 16 aromatic carbocycles. The average molecular weight is 1440 g/mol. The topological polar surface area (TPSA) is 86.7 Å². The summed E-state index contributed by atoms with van der Waals surface area (Å²) in [6.45, 7) is 4.78. The van der Waals surface area contributed by atoms with Gasteiger partial charge in [-0.25, -0.2) is 29.9 Å². The predicted octanol–water partition coefficient (Wildman–Crippen LogP) is 26.6. The van der Waals surface area contributed by atoms with E-state index in [9.17, 15) is 0 Å². The van der Waals surface area contributed by atoms with Crippen LogP contribution in [0.4, 0.5) is 0 Å². The van der Waals surface area contributed by atoms with Crippen molar-refractivity contribution in [1.29, 1.82) is 0 Å². The van der Waals surface area contributed by atoms with Gasteiger partial charge in [-0.05, 0) is 192 Å². The zero-order chi connectivity index (χ0) is 74.8. The van der Waals surface area contributed by atoms with Gasteiger partial charge in [0.25, 0.3) is 0 Å². The Morgan fingerprint density at radius 2 is 0.531 bits per heavy atom. The van der Waals surface area contributed by atoms with Crippen LogP contribution in [0.3, 0.4) is 0 Å². The van der Waals surface area contributed by atoms with Crippen LogP contribution in [0.5, 0.6) is 0 Å². The van der Waals surface area contributed by atoms with E-state index in [4.69, 9.17) is 29.9 Å². The summed E-state index contributed by atoms with van der Waals surface area (Å²) in [5, 5.41) is 7.22. The second-order valence-corrected chi connectivity index (χ2v) is 30.2. The summed E-state index contributed by atoms with van der Waals surface area (Å²) in [4.78, 5) is 31.6. The van der Waals surface area contributed by atoms with Crippen LogP contribution >= 0.6 is 0 Å². The van der Waals surface area contributed by atoms with Crippen molar-refractivity contribution in [2.75, 3.05) is 0 Å². The maximum Gasteiger partial charge on any atom is 0.164 e. The van der Waals surface area contributed by atoms with Crippen LogP contribution < -0.4 is 0 Å². The van der Waals surface area contributed by atoms with Gasteiger partial charge in [0.1, 0.15) is 0 Å². The van der Waals surface area contributed by atoms with E-state index in [1.807, 2.05) is 54.6 Å². The van der Waals surface area contributed by atoms with Crippen molar-refractivity contribution in [2.45, 2.75) is 19.3 Å². The third kappa shape index (κ3) is 11.0. The zero-order valence-electron chi connectivity index (χ0n) is 61.9. The molecule has 0 atom stereocenters. The Morgan fingerprint density at radius 3 is 1.08 bits per heavy atom. The molecule has 0 fully saturated rings. The van der Waals surface area contributed by atoms with Crippen LogP contribution in [0.2, 0.25) is 0 Å². The van der Waals surface area contributed by atoms with Crippen LogP contribution in [-0.2, 0) is 5.41 Å².